The van der Waals surface area contributed by atoms with Gasteiger partial charge >= 0.3 is 5.97 Å². The highest BCUT2D eigenvalue weighted by Gasteiger charge is 2.60. The number of ether oxygens (including phenoxy) is 1. The van der Waals surface area contributed by atoms with Crippen LogP contribution in [-0.4, -0.2) is 41.3 Å². The van der Waals surface area contributed by atoms with Gasteiger partial charge in [-0.25, -0.2) is 9.69 Å². The molecule has 1 aromatic carbocycles. The van der Waals surface area contributed by atoms with Gasteiger partial charge in [0.05, 0.1) is 27.6 Å². The summed E-state index contributed by atoms with van der Waals surface area (Å²) in [5.41, 5.74) is -0.389. The molecule has 0 spiro atoms. The zero-order valence-electron chi connectivity index (χ0n) is 12.7. The van der Waals surface area contributed by atoms with E-state index in [1.165, 1.54) is 12.1 Å². The van der Waals surface area contributed by atoms with Crippen molar-refractivity contribution in [2.45, 2.75) is 13.0 Å². The third kappa shape index (κ3) is 2.56. The normalized spacial score (nSPS) is 22.1. The number of esters is 1. The Hall–Kier alpha value is -2.52. The molecule has 11 heteroatoms. The summed E-state index contributed by atoms with van der Waals surface area (Å²) >= 11 is 12.1. The fourth-order valence-electron chi connectivity index (χ4n) is 2.76. The first-order chi connectivity index (χ1) is 11.9. The zero-order chi connectivity index (χ0) is 18.3. The number of hydrogen-bond acceptors (Lipinski definition) is 7. The molecule has 0 radical (unpaired) electrons. The van der Waals surface area contributed by atoms with Crippen LogP contribution >= 0.6 is 23.2 Å². The topological polar surface area (TPSA) is 109 Å². The van der Waals surface area contributed by atoms with Gasteiger partial charge < -0.3 is 4.74 Å². The lowest BCUT2D eigenvalue weighted by molar-refractivity contribution is -0.136. The minimum Gasteiger partial charge on any atom is -0.461 e. The second-order valence-electron chi connectivity index (χ2n) is 5.11. The smallest absolute Gasteiger partial charge is 0.355 e. The predicted octanol–water partition coefficient (Wildman–Crippen LogP) is 1.77. The quantitative estimate of drug-likeness (QED) is 0.444. The molecule has 0 bridgehead atoms. The van der Waals surface area contributed by atoms with E-state index >= 15 is 0 Å². The monoisotopic (exact) mass is 384 g/mol. The van der Waals surface area contributed by atoms with E-state index in [1.54, 1.807) is 13.0 Å². The molecule has 0 unspecified atom stereocenters. The van der Waals surface area contributed by atoms with Crippen molar-refractivity contribution >= 4 is 52.4 Å². The van der Waals surface area contributed by atoms with Crippen molar-refractivity contribution in [3.05, 3.63) is 33.2 Å². The van der Waals surface area contributed by atoms with Crippen LogP contribution in [0, 0.1) is 10.8 Å². The number of nitroso groups, excluding NO2 is 1. The summed E-state index contributed by atoms with van der Waals surface area (Å²) in [7, 11) is 0. The van der Waals surface area contributed by atoms with E-state index in [0.29, 0.717) is 5.12 Å². The van der Waals surface area contributed by atoms with E-state index in [4.69, 9.17) is 27.9 Å². The summed E-state index contributed by atoms with van der Waals surface area (Å²) in [5, 5.41) is 6.87. The first-order valence-electron chi connectivity index (χ1n) is 7.12. The van der Waals surface area contributed by atoms with Crippen molar-refractivity contribution in [1.29, 1.82) is 0 Å². The molecule has 1 aromatic rings. The molecule has 2 aliphatic rings. The summed E-state index contributed by atoms with van der Waals surface area (Å²) in [6.07, 6.45) is 0. The lowest BCUT2D eigenvalue weighted by Crippen LogP contribution is -2.37. The van der Waals surface area contributed by atoms with Crippen molar-refractivity contribution < 1.29 is 19.1 Å². The van der Waals surface area contributed by atoms with Gasteiger partial charge in [-0.05, 0) is 19.1 Å². The van der Waals surface area contributed by atoms with Crippen molar-refractivity contribution in [3.63, 3.8) is 0 Å². The molecule has 1 saturated heterocycles. The van der Waals surface area contributed by atoms with Crippen LogP contribution in [0.25, 0.3) is 0 Å². The number of nitrogens with zero attached hydrogens (tertiary/aromatic N) is 4. The van der Waals surface area contributed by atoms with Crippen LogP contribution in [0.4, 0.5) is 5.69 Å². The number of carbonyl (C=O) groups is 3. The summed E-state index contributed by atoms with van der Waals surface area (Å²) in [6, 6.07) is 3.07. The van der Waals surface area contributed by atoms with Crippen molar-refractivity contribution in [1.82, 2.24) is 5.12 Å². The summed E-state index contributed by atoms with van der Waals surface area (Å²) in [5.74, 6) is -3.83. The standard InChI is InChI=1S/C14H10Cl2N4O5/c1-2-25-14(23)9-8-11(20(17-9)18-24)13(22)19(12(8)21)10-6(15)4-3-5-7(10)16/h3-5,8,11H,2H2,1H3/t8-,11-/m1/s1. The maximum absolute atomic E-state index is 12.8. The second kappa shape index (κ2) is 6.41. The number of imide groups is 1. The van der Waals surface area contributed by atoms with Crippen LogP contribution in [0.5, 0.6) is 0 Å². The molecular weight excluding hydrogens is 375 g/mol. The summed E-state index contributed by atoms with van der Waals surface area (Å²) in [4.78, 5) is 49.3. The number of carbonyl (C=O) groups excluding carboxylic acids is 3. The minimum atomic E-state index is -1.38. The number of hydrazone groups is 1. The largest absolute Gasteiger partial charge is 0.461 e. The molecule has 9 nitrogen and oxygen atoms in total. The maximum atomic E-state index is 12.8. The number of rotatable bonds is 4. The number of para-hydroxylation sites is 1. The van der Waals surface area contributed by atoms with Gasteiger partial charge in [0.25, 0.3) is 5.91 Å². The van der Waals surface area contributed by atoms with Gasteiger partial charge in [0.15, 0.2) is 11.8 Å². The Morgan fingerprint density at radius 1 is 1.28 bits per heavy atom. The van der Waals surface area contributed by atoms with E-state index in [0.717, 1.165) is 4.90 Å². The van der Waals surface area contributed by atoms with Gasteiger partial charge in [0.2, 0.25) is 5.91 Å². The van der Waals surface area contributed by atoms with Gasteiger partial charge in [-0.2, -0.15) is 0 Å². The molecule has 25 heavy (non-hydrogen) atoms. The fraction of sp³-hybridized carbons (Fsp3) is 0.286. The molecule has 2 aliphatic heterocycles. The van der Waals surface area contributed by atoms with Crippen molar-refractivity contribution in [2.75, 3.05) is 11.5 Å². The molecule has 2 amide bonds. The molecule has 2 atom stereocenters. The third-order valence-electron chi connectivity index (χ3n) is 3.76. The third-order valence-corrected chi connectivity index (χ3v) is 4.37. The van der Waals surface area contributed by atoms with Gasteiger partial charge in [0.1, 0.15) is 5.92 Å². The lowest BCUT2D eigenvalue weighted by Gasteiger charge is -2.19. The van der Waals surface area contributed by atoms with E-state index < -0.39 is 29.7 Å². The van der Waals surface area contributed by atoms with Gasteiger partial charge in [-0.3, -0.25) is 9.59 Å². The molecule has 2 heterocycles. The van der Waals surface area contributed by atoms with Gasteiger partial charge in [0, 0.05) is 0 Å². The Morgan fingerprint density at radius 3 is 2.48 bits per heavy atom. The molecule has 0 aliphatic carbocycles. The maximum Gasteiger partial charge on any atom is 0.355 e. The molecule has 0 saturated carbocycles. The highest BCUT2D eigenvalue weighted by Crippen LogP contribution is 2.41. The molecule has 1 fully saturated rings. The fourth-order valence-corrected chi connectivity index (χ4v) is 3.32. The second-order valence-corrected chi connectivity index (χ2v) is 5.93. The minimum absolute atomic E-state index is 0.0238. The Kier molecular flexibility index (Phi) is 4.44. The highest BCUT2D eigenvalue weighted by molar-refractivity contribution is 6.48. The number of amides is 2. The van der Waals surface area contributed by atoms with Crippen LogP contribution in [0.3, 0.4) is 0 Å². The summed E-state index contributed by atoms with van der Waals surface area (Å²) < 4.78 is 4.82. The first-order valence-corrected chi connectivity index (χ1v) is 7.87. The highest BCUT2D eigenvalue weighted by atomic mass is 35.5. The van der Waals surface area contributed by atoms with Crippen molar-refractivity contribution in [3.8, 4) is 0 Å². The molecule has 130 valence electrons. The number of benzene rings is 1. The number of anilines is 1. The number of fused-ring (bicyclic) bond motifs is 1. The SMILES string of the molecule is CCOC(=O)C1=NN(N=O)[C@H]2C(=O)N(c3c(Cl)cccc3Cl)C(=O)[C@H]12. The number of halogens is 2. The number of hydrogen-bond donors (Lipinski definition) is 0. The van der Waals surface area contributed by atoms with Crippen LogP contribution in [-0.2, 0) is 19.1 Å². The molecule has 3 rings (SSSR count). The Morgan fingerprint density at radius 2 is 1.92 bits per heavy atom. The Labute approximate surface area is 151 Å². The lowest BCUT2D eigenvalue weighted by atomic mass is 9.98. The van der Waals surface area contributed by atoms with Crippen molar-refractivity contribution in [2.24, 2.45) is 16.3 Å². The van der Waals surface area contributed by atoms with Gasteiger partial charge in [-0.1, -0.05) is 29.3 Å². The van der Waals surface area contributed by atoms with Crippen LogP contribution in [0.15, 0.2) is 28.6 Å². The average Bonchev–Trinajstić information content (AvgIpc) is 3.07. The van der Waals surface area contributed by atoms with E-state index in [2.05, 4.69) is 10.4 Å². The first kappa shape index (κ1) is 17.3. The molecule has 0 N–H and O–H groups in total. The van der Waals surface area contributed by atoms with E-state index in [-0.39, 0.29) is 28.1 Å². The van der Waals surface area contributed by atoms with Crippen LogP contribution < -0.4 is 4.90 Å². The Balaban J connectivity index is 2.07. The Bertz CT molecular complexity index is 807. The molecule has 0 aromatic heterocycles. The van der Waals surface area contributed by atoms with E-state index in [1.807, 2.05) is 0 Å². The summed E-state index contributed by atoms with van der Waals surface area (Å²) in [6.45, 7) is 1.60. The zero-order valence-corrected chi connectivity index (χ0v) is 14.2. The average molecular weight is 385 g/mol. The van der Waals surface area contributed by atoms with Gasteiger partial charge in [-0.15, -0.1) is 15.1 Å². The van der Waals surface area contributed by atoms with E-state index in [9.17, 15) is 19.3 Å². The molecular formula is C14H10Cl2N4O5. The van der Waals surface area contributed by atoms with Crippen LogP contribution in [0.1, 0.15) is 6.92 Å². The predicted molar refractivity (Wildman–Crippen MR) is 87.9 cm³/mol. The van der Waals surface area contributed by atoms with Crippen LogP contribution in [0.2, 0.25) is 10.0 Å².